The van der Waals surface area contributed by atoms with Gasteiger partial charge in [-0.3, -0.25) is 0 Å². The molecule has 0 amide bonds. The van der Waals surface area contributed by atoms with Crippen molar-refractivity contribution >= 4 is 53.3 Å². The minimum Gasteiger partial charge on any atom is -0.309 e. The van der Waals surface area contributed by atoms with Gasteiger partial charge in [0.1, 0.15) is 0 Å². The molecule has 0 unspecified atom stereocenters. The molecule has 0 aliphatic rings. The predicted molar refractivity (Wildman–Crippen MR) is 218 cm³/mol. The number of rotatable bonds is 5. The molecule has 0 spiro atoms. The summed E-state index contributed by atoms with van der Waals surface area (Å²) in [7, 11) is 0. The van der Waals surface area contributed by atoms with Gasteiger partial charge in [0.05, 0.1) is 16.7 Å². The fourth-order valence-electron chi connectivity index (χ4n) is 7.43. The molecule has 0 fully saturated rings. The highest BCUT2D eigenvalue weighted by Crippen LogP contribution is 2.41. The van der Waals surface area contributed by atoms with E-state index in [0.29, 0.717) is 17.5 Å². The maximum absolute atomic E-state index is 5.24. The Labute approximate surface area is 305 Å². The summed E-state index contributed by atoms with van der Waals surface area (Å²) < 4.78 is 4.97. The van der Waals surface area contributed by atoms with Crippen molar-refractivity contribution in [1.29, 1.82) is 0 Å². The monoisotopic (exact) mass is 684 g/mol. The Morgan fingerprint density at radius 3 is 1.60 bits per heavy atom. The number of hydrogen-bond acceptors (Lipinski definition) is 4. The Balaban J connectivity index is 1.28. The number of nitrogens with zero attached hydrogens (tertiary/aromatic N) is 4. The van der Waals surface area contributed by atoms with Crippen LogP contribution < -0.4 is 0 Å². The lowest BCUT2D eigenvalue weighted by Crippen LogP contribution is -2.04. The van der Waals surface area contributed by atoms with Gasteiger partial charge in [-0.25, -0.2) is 15.0 Å². The zero-order chi connectivity index (χ0) is 34.8. The molecule has 0 saturated carbocycles. The summed E-state index contributed by atoms with van der Waals surface area (Å²) in [6.45, 7) is 4.32. The third kappa shape index (κ3) is 5.09. The summed E-state index contributed by atoms with van der Waals surface area (Å²) in [6, 6.07) is 56.1. The molecule has 10 rings (SSSR count). The van der Waals surface area contributed by atoms with Crippen LogP contribution in [0.1, 0.15) is 11.1 Å². The SMILES string of the molecule is Cc1ccc2c(c1)c1cc(C)ccc1n2-c1ccc(-c2ccc3sc4ccccc4c3c2)cc1-c1nc(-c2ccccc2)nc(-c2ccccc2)n1. The first-order valence-corrected chi connectivity index (χ1v) is 18.3. The molecule has 3 heterocycles. The van der Waals surface area contributed by atoms with Gasteiger partial charge in [-0.2, -0.15) is 0 Å². The highest BCUT2D eigenvalue weighted by Gasteiger charge is 2.21. The molecule has 0 aliphatic carbocycles. The summed E-state index contributed by atoms with van der Waals surface area (Å²) >= 11 is 1.84. The van der Waals surface area contributed by atoms with E-state index in [4.69, 9.17) is 15.0 Å². The minimum absolute atomic E-state index is 0.626. The molecule has 4 nitrogen and oxygen atoms in total. The van der Waals surface area contributed by atoms with Gasteiger partial charge >= 0.3 is 0 Å². The first-order chi connectivity index (χ1) is 25.6. The quantitative estimate of drug-likeness (QED) is 0.181. The molecule has 52 heavy (non-hydrogen) atoms. The van der Waals surface area contributed by atoms with Crippen molar-refractivity contribution in [1.82, 2.24) is 19.5 Å². The number of thiophene rings is 1. The molecule has 0 radical (unpaired) electrons. The van der Waals surface area contributed by atoms with E-state index in [2.05, 4.69) is 140 Å². The van der Waals surface area contributed by atoms with Crippen LogP contribution >= 0.6 is 11.3 Å². The second kappa shape index (κ2) is 12.1. The Morgan fingerprint density at radius 1 is 0.404 bits per heavy atom. The fraction of sp³-hybridized carbons (Fsp3) is 0.0426. The Hall–Kier alpha value is -6.43. The van der Waals surface area contributed by atoms with E-state index >= 15 is 0 Å². The average Bonchev–Trinajstić information content (AvgIpc) is 3.72. The molecular formula is C47H32N4S. The lowest BCUT2D eigenvalue weighted by atomic mass is 9.99. The van der Waals surface area contributed by atoms with Crippen LogP contribution in [0.25, 0.3) is 93.0 Å². The summed E-state index contributed by atoms with van der Waals surface area (Å²) in [5.41, 5.74) is 10.8. The molecule has 0 aliphatic heterocycles. The van der Waals surface area contributed by atoms with Crippen molar-refractivity contribution in [2.75, 3.05) is 0 Å². The van der Waals surface area contributed by atoms with Crippen LogP contribution in [0, 0.1) is 13.8 Å². The maximum Gasteiger partial charge on any atom is 0.166 e. The Morgan fingerprint density at radius 2 is 0.942 bits per heavy atom. The third-order valence-electron chi connectivity index (χ3n) is 9.96. The van der Waals surface area contributed by atoms with Gasteiger partial charge in [-0.05, 0) is 79.6 Å². The largest absolute Gasteiger partial charge is 0.309 e. The second-order valence-electron chi connectivity index (χ2n) is 13.5. The highest BCUT2D eigenvalue weighted by molar-refractivity contribution is 7.25. The van der Waals surface area contributed by atoms with Crippen LogP contribution in [0.4, 0.5) is 0 Å². The van der Waals surface area contributed by atoms with Crippen LogP contribution in [0.3, 0.4) is 0 Å². The van der Waals surface area contributed by atoms with Crippen molar-refractivity contribution < 1.29 is 0 Å². The van der Waals surface area contributed by atoms with Gasteiger partial charge in [0.15, 0.2) is 17.5 Å². The average molecular weight is 685 g/mol. The van der Waals surface area contributed by atoms with Crippen molar-refractivity contribution in [2.24, 2.45) is 0 Å². The molecular weight excluding hydrogens is 653 g/mol. The molecule has 0 saturated heterocycles. The van der Waals surface area contributed by atoms with E-state index in [-0.39, 0.29) is 0 Å². The van der Waals surface area contributed by atoms with E-state index in [9.17, 15) is 0 Å². The Kier molecular flexibility index (Phi) is 7.08. The molecule has 0 N–H and O–H groups in total. The second-order valence-corrected chi connectivity index (χ2v) is 14.5. The third-order valence-corrected chi connectivity index (χ3v) is 11.1. The molecule has 10 aromatic rings. The summed E-state index contributed by atoms with van der Waals surface area (Å²) in [4.78, 5) is 15.5. The van der Waals surface area contributed by atoms with Gasteiger partial charge < -0.3 is 4.57 Å². The van der Waals surface area contributed by atoms with Gasteiger partial charge in [0.25, 0.3) is 0 Å². The van der Waals surface area contributed by atoms with E-state index in [1.165, 1.54) is 42.1 Å². The number of benzene rings is 7. The molecule has 0 bridgehead atoms. The van der Waals surface area contributed by atoms with Gasteiger partial charge in [0, 0.05) is 47.6 Å². The van der Waals surface area contributed by atoms with Gasteiger partial charge in [-0.15, -0.1) is 11.3 Å². The normalized spacial score (nSPS) is 11.7. The van der Waals surface area contributed by atoms with Crippen LogP contribution in [-0.4, -0.2) is 19.5 Å². The summed E-state index contributed by atoms with van der Waals surface area (Å²) in [5.74, 6) is 1.90. The zero-order valence-corrected chi connectivity index (χ0v) is 29.5. The number of aromatic nitrogens is 4. The van der Waals surface area contributed by atoms with Crippen molar-refractivity contribution in [3.05, 3.63) is 169 Å². The summed E-state index contributed by atoms with van der Waals surface area (Å²) in [5, 5.41) is 5.02. The van der Waals surface area contributed by atoms with Crippen molar-refractivity contribution in [2.45, 2.75) is 13.8 Å². The molecule has 0 atom stereocenters. The van der Waals surface area contributed by atoms with Gasteiger partial charge in [-0.1, -0.05) is 114 Å². The molecule has 3 aromatic heterocycles. The fourth-order valence-corrected chi connectivity index (χ4v) is 8.52. The van der Waals surface area contributed by atoms with E-state index in [1.54, 1.807) is 0 Å². The standard InChI is InChI=1S/C47H32N4S/c1-29-17-21-40-36(25-29)37-26-30(2)18-22-41(37)51(40)42-23-19-33(34-20-24-44-38(27-34)35-15-9-10-16-43(35)52-44)28-39(42)47-49-45(31-11-5-3-6-12-31)48-46(50-47)32-13-7-4-8-14-32/h3-28H,1-2H3. The van der Waals surface area contributed by atoms with Crippen LogP contribution in [0.2, 0.25) is 0 Å². The van der Waals surface area contributed by atoms with Gasteiger partial charge in [0.2, 0.25) is 0 Å². The number of fused-ring (bicyclic) bond motifs is 6. The maximum atomic E-state index is 5.24. The van der Waals surface area contributed by atoms with Crippen LogP contribution in [0.5, 0.6) is 0 Å². The Bertz CT molecular complexity index is 2860. The smallest absolute Gasteiger partial charge is 0.166 e. The van der Waals surface area contributed by atoms with E-state index < -0.39 is 0 Å². The number of aryl methyl sites for hydroxylation is 2. The van der Waals surface area contributed by atoms with E-state index in [0.717, 1.165) is 44.5 Å². The predicted octanol–water partition coefficient (Wildman–Crippen LogP) is 12.6. The molecule has 246 valence electrons. The lowest BCUT2D eigenvalue weighted by Gasteiger charge is -2.16. The zero-order valence-electron chi connectivity index (χ0n) is 28.7. The first-order valence-electron chi connectivity index (χ1n) is 17.5. The van der Waals surface area contributed by atoms with E-state index in [1.807, 2.05) is 47.7 Å². The molecule has 5 heteroatoms. The first kappa shape index (κ1) is 30.4. The number of hydrogen-bond donors (Lipinski definition) is 0. The van der Waals surface area contributed by atoms with Crippen LogP contribution in [-0.2, 0) is 0 Å². The topological polar surface area (TPSA) is 43.6 Å². The van der Waals surface area contributed by atoms with Crippen molar-refractivity contribution in [3.8, 4) is 51.0 Å². The lowest BCUT2D eigenvalue weighted by molar-refractivity contribution is 1.06. The molecule has 7 aromatic carbocycles. The highest BCUT2D eigenvalue weighted by atomic mass is 32.1. The minimum atomic E-state index is 0.626. The summed E-state index contributed by atoms with van der Waals surface area (Å²) in [6.07, 6.45) is 0. The van der Waals surface area contributed by atoms with Crippen molar-refractivity contribution in [3.63, 3.8) is 0 Å². The van der Waals surface area contributed by atoms with Crippen LogP contribution in [0.15, 0.2) is 158 Å².